The third kappa shape index (κ3) is 3.70. The molecule has 0 spiro atoms. The smallest absolute Gasteiger partial charge is 0.223 e. The molecule has 1 saturated heterocycles. The first-order valence-electron chi connectivity index (χ1n) is 9.28. The Hall–Kier alpha value is -2.38. The number of H-pyrrole nitrogens is 1. The topological polar surface area (TPSA) is 75.3 Å². The molecule has 0 saturated carbocycles. The van der Waals surface area contributed by atoms with Gasteiger partial charge in [0.15, 0.2) is 5.03 Å². The highest BCUT2D eigenvalue weighted by atomic mass is 32.2. The number of likely N-dealkylation sites (tertiary alicyclic amines) is 1. The highest BCUT2D eigenvalue weighted by molar-refractivity contribution is 7.91. The van der Waals surface area contributed by atoms with Crippen LogP contribution in [-0.4, -0.2) is 49.8 Å². The minimum atomic E-state index is -3.66. The number of ether oxygens (including phenoxy) is 1. The molecule has 0 atom stereocenters. The molecule has 27 heavy (non-hydrogen) atoms. The van der Waals surface area contributed by atoms with Crippen molar-refractivity contribution in [3.8, 4) is 5.75 Å². The first-order chi connectivity index (χ1) is 13.2. The minimum Gasteiger partial charge on any atom is -0.490 e. The number of hydrogen-bond donors (Lipinski definition) is 1. The van der Waals surface area contributed by atoms with E-state index < -0.39 is 9.84 Å². The van der Waals surface area contributed by atoms with Crippen LogP contribution < -0.4 is 4.74 Å². The Kier molecular flexibility index (Phi) is 5.13. The van der Waals surface area contributed by atoms with Gasteiger partial charge in [-0.25, -0.2) is 8.42 Å². The maximum absolute atomic E-state index is 12.9. The number of fused-ring (bicyclic) bond motifs is 1. The monoisotopic (exact) mass is 385 g/mol. The van der Waals surface area contributed by atoms with Crippen molar-refractivity contribution in [2.24, 2.45) is 0 Å². The van der Waals surface area contributed by atoms with Gasteiger partial charge >= 0.3 is 0 Å². The fourth-order valence-corrected chi connectivity index (χ4v) is 4.87. The Balaban J connectivity index is 1.56. The van der Waals surface area contributed by atoms with E-state index in [9.17, 15) is 8.42 Å². The summed E-state index contributed by atoms with van der Waals surface area (Å²) in [5, 5.41) is 7.59. The summed E-state index contributed by atoms with van der Waals surface area (Å²) < 4.78 is 31.8. The summed E-state index contributed by atoms with van der Waals surface area (Å²) in [5.41, 5.74) is 0.547. The maximum Gasteiger partial charge on any atom is 0.223 e. The van der Waals surface area contributed by atoms with Gasteiger partial charge in [-0.1, -0.05) is 30.7 Å². The highest BCUT2D eigenvalue weighted by Crippen LogP contribution is 2.31. The van der Waals surface area contributed by atoms with E-state index in [4.69, 9.17) is 4.74 Å². The summed E-state index contributed by atoms with van der Waals surface area (Å²) in [7, 11) is -3.66. The number of aromatic nitrogens is 2. The molecular formula is C20H23N3O3S. The van der Waals surface area contributed by atoms with Gasteiger partial charge in [0.25, 0.3) is 0 Å². The van der Waals surface area contributed by atoms with E-state index in [-0.39, 0.29) is 9.92 Å². The number of nitrogens with one attached hydrogen (secondary N) is 1. The molecule has 0 bridgehead atoms. The number of rotatable bonds is 6. The van der Waals surface area contributed by atoms with Crippen LogP contribution in [0.15, 0.2) is 58.5 Å². The molecule has 7 heteroatoms. The number of piperidine rings is 1. The van der Waals surface area contributed by atoms with E-state index in [1.54, 1.807) is 42.5 Å². The van der Waals surface area contributed by atoms with E-state index in [1.807, 2.05) is 6.07 Å². The Morgan fingerprint density at radius 1 is 1.00 bits per heavy atom. The third-order valence-electron chi connectivity index (χ3n) is 4.95. The van der Waals surface area contributed by atoms with Crippen molar-refractivity contribution >= 4 is 20.7 Å². The zero-order valence-electron chi connectivity index (χ0n) is 15.1. The molecule has 1 fully saturated rings. The van der Waals surface area contributed by atoms with Gasteiger partial charge in [0.1, 0.15) is 17.9 Å². The van der Waals surface area contributed by atoms with Crippen LogP contribution in [0, 0.1) is 0 Å². The lowest BCUT2D eigenvalue weighted by Crippen LogP contribution is -2.33. The summed E-state index contributed by atoms with van der Waals surface area (Å²) >= 11 is 0. The van der Waals surface area contributed by atoms with Gasteiger partial charge in [-0.05, 0) is 50.2 Å². The van der Waals surface area contributed by atoms with Crippen LogP contribution in [0.4, 0.5) is 0 Å². The molecule has 0 aliphatic carbocycles. The van der Waals surface area contributed by atoms with E-state index in [1.165, 1.54) is 19.3 Å². The first kappa shape index (κ1) is 18.0. The van der Waals surface area contributed by atoms with Gasteiger partial charge in [0.2, 0.25) is 9.84 Å². The van der Waals surface area contributed by atoms with Crippen LogP contribution in [0.3, 0.4) is 0 Å². The average Bonchev–Trinajstić information content (AvgIpc) is 3.15. The Labute approximate surface area is 159 Å². The quantitative estimate of drug-likeness (QED) is 0.705. The molecule has 1 aromatic heterocycles. The van der Waals surface area contributed by atoms with E-state index in [0.29, 0.717) is 23.3 Å². The lowest BCUT2D eigenvalue weighted by Gasteiger charge is -2.26. The second-order valence-corrected chi connectivity index (χ2v) is 8.66. The molecule has 2 heterocycles. The van der Waals surface area contributed by atoms with Gasteiger partial charge in [0.05, 0.1) is 4.90 Å². The standard InChI is InChI=1S/C20H23N3O3S/c24-27(25,16-8-3-1-4-9-16)20-17-10-7-11-18(19(17)21-22-20)26-15-14-23-12-5-2-6-13-23/h1,3-4,7-11H,2,5-6,12-15H2,(H,21,22). The molecule has 3 aromatic rings. The second kappa shape index (κ2) is 7.70. The van der Waals surface area contributed by atoms with Crippen molar-refractivity contribution in [2.45, 2.75) is 29.2 Å². The molecule has 1 aliphatic heterocycles. The molecule has 0 radical (unpaired) electrons. The second-order valence-electron chi connectivity index (χ2n) is 6.77. The van der Waals surface area contributed by atoms with Crippen molar-refractivity contribution in [1.29, 1.82) is 0 Å². The Morgan fingerprint density at radius 3 is 2.56 bits per heavy atom. The number of nitrogens with zero attached hydrogens (tertiary/aromatic N) is 2. The Morgan fingerprint density at radius 2 is 1.78 bits per heavy atom. The summed E-state index contributed by atoms with van der Waals surface area (Å²) in [6, 6.07) is 13.8. The van der Waals surface area contributed by atoms with Gasteiger partial charge in [-0.3, -0.25) is 10.00 Å². The molecule has 0 unspecified atom stereocenters. The molecule has 142 valence electrons. The molecule has 6 nitrogen and oxygen atoms in total. The maximum atomic E-state index is 12.9. The van der Waals surface area contributed by atoms with Crippen LogP contribution >= 0.6 is 0 Å². The molecule has 1 aliphatic rings. The molecule has 2 aromatic carbocycles. The predicted molar refractivity (Wildman–Crippen MR) is 104 cm³/mol. The lowest BCUT2D eigenvalue weighted by molar-refractivity contribution is 0.184. The van der Waals surface area contributed by atoms with E-state index in [0.717, 1.165) is 19.6 Å². The zero-order chi connectivity index (χ0) is 18.7. The van der Waals surface area contributed by atoms with Gasteiger partial charge in [0, 0.05) is 11.9 Å². The predicted octanol–water partition coefficient (Wildman–Crippen LogP) is 3.26. The molecular weight excluding hydrogens is 362 g/mol. The lowest BCUT2D eigenvalue weighted by atomic mass is 10.1. The summed E-state index contributed by atoms with van der Waals surface area (Å²) in [4.78, 5) is 2.64. The van der Waals surface area contributed by atoms with Crippen LogP contribution in [0.2, 0.25) is 0 Å². The van der Waals surface area contributed by atoms with Gasteiger partial charge in [-0.2, -0.15) is 5.10 Å². The number of hydrogen-bond acceptors (Lipinski definition) is 5. The van der Waals surface area contributed by atoms with Crippen molar-refractivity contribution in [3.63, 3.8) is 0 Å². The Bertz CT molecular complexity index is 1010. The SMILES string of the molecule is O=S(=O)(c1ccccc1)c1[nH]nc2c(OCCN3CCCCC3)cccc12. The van der Waals surface area contributed by atoms with Crippen molar-refractivity contribution in [2.75, 3.05) is 26.2 Å². The molecule has 0 amide bonds. The minimum absolute atomic E-state index is 0.102. The van der Waals surface area contributed by atoms with E-state index >= 15 is 0 Å². The molecule has 4 rings (SSSR count). The molecule has 1 N–H and O–H groups in total. The summed E-state index contributed by atoms with van der Waals surface area (Å²) in [6.07, 6.45) is 3.80. The first-order valence-corrected chi connectivity index (χ1v) is 10.8. The normalized spacial score (nSPS) is 15.9. The van der Waals surface area contributed by atoms with Crippen LogP contribution in [0.1, 0.15) is 19.3 Å². The summed E-state index contributed by atoms with van der Waals surface area (Å²) in [5.74, 6) is 0.607. The van der Waals surface area contributed by atoms with Crippen molar-refractivity contribution < 1.29 is 13.2 Å². The number of benzene rings is 2. The number of aromatic amines is 1. The van der Waals surface area contributed by atoms with E-state index in [2.05, 4.69) is 15.1 Å². The third-order valence-corrected chi connectivity index (χ3v) is 6.69. The number of para-hydroxylation sites is 1. The van der Waals surface area contributed by atoms with Crippen molar-refractivity contribution in [3.05, 3.63) is 48.5 Å². The van der Waals surface area contributed by atoms with Crippen LogP contribution in [0.5, 0.6) is 5.75 Å². The van der Waals surface area contributed by atoms with Crippen molar-refractivity contribution in [1.82, 2.24) is 15.1 Å². The van der Waals surface area contributed by atoms with Crippen LogP contribution in [0.25, 0.3) is 10.9 Å². The average molecular weight is 385 g/mol. The summed E-state index contributed by atoms with van der Waals surface area (Å²) in [6.45, 7) is 3.67. The number of sulfone groups is 1. The fraction of sp³-hybridized carbons (Fsp3) is 0.350. The fourth-order valence-electron chi connectivity index (χ4n) is 3.49. The van der Waals surface area contributed by atoms with Gasteiger partial charge < -0.3 is 4.74 Å². The van der Waals surface area contributed by atoms with Crippen LogP contribution in [-0.2, 0) is 9.84 Å². The zero-order valence-corrected chi connectivity index (χ0v) is 15.9. The largest absolute Gasteiger partial charge is 0.490 e. The van der Waals surface area contributed by atoms with Gasteiger partial charge in [-0.15, -0.1) is 0 Å². The highest BCUT2D eigenvalue weighted by Gasteiger charge is 2.24.